The Kier molecular flexibility index (Phi) is 3.66. The molecule has 4 aromatic rings. The number of nitrogens with zero attached hydrogens (tertiary/aromatic N) is 3. The van der Waals surface area contributed by atoms with Gasteiger partial charge in [-0.15, -0.1) is 10.2 Å². The summed E-state index contributed by atoms with van der Waals surface area (Å²) in [6, 6.07) is 13.3. The topological polar surface area (TPSA) is 76.7 Å². The third-order valence-corrected chi connectivity index (χ3v) is 4.24. The molecule has 24 heavy (non-hydrogen) atoms. The van der Waals surface area contributed by atoms with E-state index in [-0.39, 0.29) is 5.69 Å². The molecular weight excluding hydrogens is 328 g/mol. The Bertz CT molecular complexity index is 1050. The highest BCUT2D eigenvalue weighted by molar-refractivity contribution is 6.31. The number of nitrogens with one attached hydrogen (secondary N) is 1. The lowest BCUT2D eigenvalue weighted by Gasteiger charge is -2.07. The van der Waals surface area contributed by atoms with Crippen molar-refractivity contribution in [1.29, 1.82) is 0 Å². The normalized spacial score (nSPS) is 11.2. The minimum atomic E-state index is -0.137. The van der Waals surface area contributed by atoms with Gasteiger partial charge < -0.3 is 9.40 Å². The fourth-order valence-corrected chi connectivity index (χ4v) is 2.98. The molecule has 0 saturated heterocycles. The van der Waals surface area contributed by atoms with E-state index in [1.54, 1.807) is 4.57 Å². The average molecular weight is 341 g/mol. The zero-order valence-electron chi connectivity index (χ0n) is 12.6. The number of imidazole rings is 1. The van der Waals surface area contributed by atoms with Crippen LogP contribution in [-0.4, -0.2) is 19.7 Å². The number of rotatable bonds is 4. The van der Waals surface area contributed by atoms with Gasteiger partial charge in [-0.3, -0.25) is 4.57 Å². The van der Waals surface area contributed by atoms with Gasteiger partial charge in [0.1, 0.15) is 0 Å². The van der Waals surface area contributed by atoms with Gasteiger partial charge in [-0.2, -0.15) is 0 Å². The summed E-state index contributed by atoms with van der Waals surface area (Å²) in [6.07, 6.45) is 1.77. The predicted octanol–water partition coefficient (Wildman–Crippen LogP) is 3.01. The van der Waals surface area contributed by atoms with Gasteiger partial charge in [-0.25, -0.2) is 4.79 Å². The van der Waals surface area contributed by atoms with Crippen LogP contribution in [0.1, 0.15) is 17.0 Å². The standard InChI is InChI=1S/C17H13ClN4O2/c18-13-7-11(5-6-12(13)8-16-21-19-10-24-16)9-22-15-4-2-1-3-14(15)20-17(22)23/h1-7,10H,8-9H2,(H,20,23). The number of fused-ring (bicyclic) bond motifs is 1. The Balaban J connectivity index is 1.64. The minimum absolute atomic E-state index is 0.137. The molecule has 0 aliphatic rings. The second-order valence-corrected chi connectivity index (χ2v) is 5.88. The number of H-pyrrole nitrogens is 1. The fourth-order valence-electron chi connectivity index (χ4n) is 2.71. The van der Waals surface area contributed by atoms with E-state index in [2.05, 4.69) is 15.2 Å². The first kappa shape index (κ1) is 14.7. The van der Waals surface area contributed by atoms with Crippen molar-refractivity contribution in [1.82, 2.24) is 19.7 Å². The SMILES string of the molecule is O=c1[nH]c2ccccc2n1Cc1ccc(Cc2nnco2)c(Cl)c1. The molecule has 2 aromatic carbocycles. The monoisotopic (exact) mass is 340 g/mol. The van der Waals surface area contributed by atoms with Crippen molar-refractivity contribution in [3.63, 3.8) is 0 Å². The Morgan fingerprint density at radius 2 is 2.08 bits per heavy atom. The van der Waals surface area contributed by atoms with Crippen LogP contribution in [-0.2, 0) is 13.0 Å². The molecule has 0 amide bonds. The van der Waals surface area contributed by atoms with E-state index in [0.29, 0.717) is 23.9 Å². The average Bonchev–Trinajstić information content (AvgIpc) is 3.19. The van der Waals surface area contributed by atoms with Crippen molar-refractivity contribution in [3.05, 3.63) is 81.4 Å². The molecule has 0 fully saturated rings. The molecule has 0 spiro atoms. The molecule has 0 radical (unpaired) electrons. The van der Waals surface area contributed by atoms with Crippen molar-refractivity contribution < 1.29 is 4.42 Å². The van der Waals surface area contributed by atoms with Gasteiger partial charge in [-0.05, 0) is 29.3 Å². The van der Waals surface area contributed by atoms with Crippen LogP contribution in [0, 0.1) is 0 Å². The maximum Gasteiger partial charge on any atom is 0.326 e. The van der Waals surface area contributed by atoms with Crippen molar-refractivity contribution in [2.45, 2.75) is 13.0 Å². The van der Waals surface area contributed by atoms with Crippen LogP contribution >= 0.6 is 11.6 Å². The van der Waals surface area contributed by atoms with Crippen LogP contribution in [0.5, 0.6) is 0 Å². The van der Waals surface area contributed by atoms with E-state index < -0.39 is 0 Å². The van der Waals surface area contributed by atoms with Crippen LogP contribution in [0.2, 0.25) is 5.02 Å². The Morgan fingerprint density at radius 1 is 1.21 bits per heavy atom. The van der Waals surface area contributed by atoms with Gasteiger partial charge in [0.05, 0.1) is 24.0 Å². The van der Waals surface area contributed by atoms with Gasteiger partial charge in [-0.1, -0.05) is 35.9 Å². The zero-order valence-corrected chi connectivity index (χ0v) is 13.3. The van der Waals surface area contributed by atoms with Crippen molar-refractivity contribution in [2.24, 2.45) is 0 Å². The molecule has 2 aromatic heterocycles. The molecule has 0 aliphatic heterocycles. The summed E-state index contributed by atoms with van der Waals surface area (Å²) < 4.78 is 6.83. The van der Waals surface area contributed by atoms with E-state index >= 15 is 0 Å². The maximum atomic E-state index is 12.2. The first-order chi connectivity index (χ1) is 11.7. The van der Waals surface area contributed by atoms with E-state index in [1.807, 2.05) is 42.5 Å². The van der Waals surface area contributed by atoms with Gasteiger partial charge in [0.15, 0.2) is 0 Å². The molecule has 0 saturated carbocycles. The number of benzene rings is 2. The van der Waals surface area contributed by atoms with E-state index in [4.69, 9.17) is 16.0 Å². The van der Waals surface area contributed by atoms with Gasteiger partial charge in [0, 0.05) is 5.02 Å². The molecule has 120 valence electrons. The number of hydrogen-bond donors (Lipinski definition) is 1. The Hall–Kier alpha value is -2.86. The highest BCUT2D eigenvalue weighted by Gasteiger charge is 2.10. The molecule has 0 aliphatic carbocycles. The highest BCUT2D eigenvalue weighted by Crippen LogP contribution is 2.21. The molecule has 0 atom stereocenters. The summed E-state index contributed by atoms with van der Waals surface area (Å²) in [5.74, 6) is 0.512. The maximum absolute atomic E-state index is 12.2. The molecule has 6 nitrogen and oxygen atoms in total. The Morgan fingerprint density at radius 3 is 2.88 bits per heavy atom. The van der Waals surface area contributed by atoms with Crippen LogP contribution in [0.4, 0.5) is 0 Å². The van der Waals surface area contributed by atoms with E-state index in [0.717, 1.165) is 22.2 Å². The lowest BCUT2D eigenvalue weighted by molar-refractivity contribution is 0.505. The van der Waals surface area contributed by atoms with E-state index in [1.165, 1.54) is 6.39 Å². The largest absolute Gasteiger partial charge is 0.428 e. The van der Waals surface area contributed by atoms with Crippen LogP contribution in [0.15, 0.2) is 58.1 Å². The lowest BCUT2D eigenvalue weighted by Crippen LogP contribution is -2.17. The smallest absolute Gasteiger partial charge is 0.326 e. The molecule has 0 bridgehead atoms. The van der Waals surface area contributed by atoms with Crippen LogP contribution in [0.3, 0.4) is 0 Å². The van der Waals surface area contributed by atoms with Crippen molar-refractivity contribution in [2.75, 3.05) is 0 Å². The summed E-state index contributed by atoms with van der Waals surface area (Å²) in [7, 11) is 0. The third kappa shape index (κ3) is 2.72. The lowest BCUT2D eigenvalue weighted by atomic mass is 10.1. The van der Waals surface area contributed by atoms with E-state index in [9.17, 15) is 4.79 Å². The summed E-state index contributed by atoms with van der Waals surface area (Å²) >= 11 is 6.36. The zero-order chi connectivity index (χ0) is 16.5. The van der Waals surface area contributed by atoms with Crippen molar-refractivity contribution >= 4 is 22.6 Å². The third-order valence-electron chi connectivity index (χ3n) is 3.89. The highest BCUT2D eigenvalue weighted by atomic mass is 35.5. The number of para-hydroxylation sites is 2. The quantitative estimate of drug-likeness (QED) is 0.619. The molecule has 2 heterocycles. The fraction of sp³-hybridized carbons (Fsp3) is 0.118. The summed E-state index contributed by atoms with van der Waals surface area (Å²) in [5, 5.41) is 8.12. The molecular formula is C17H13ClN4O2. The second kappa shape index (κ2) is 5.98. The molecule has 4 rings (SSSR count). The summed E-state index contributed by atoms with van der Waals surface area (Å²) in [4.78, 5) is 15.0. The number of halogens is 1. The summed E-state index contributed by atoms with van der Waals surface area (Å²) in [6.45, 7) is 0.448. The van der Waals surface area contributed by atoms with Crippen LogP contribution in [0.25, 0.3) is 11.0 Å². The first-order valence-electron chi connectivity index (χ1n) is 7.40. The number of aromatic nitrogens is 4. The van der Waals surface area contributed by atoms with Gasteiger partial charge >= 0.3 is 5.69 Å². The minimum Gasteiger partial charge on any atom is -0.428 e. The first-order valence-corrected chi connectivity index (χ1v) is 7.78. The van der Waals surface area contributed by atoms with Gasteiger partial charge in [0.2, 0.25) is 12.3 Å². The number of hydrogen-bond acceptors (Lipinski definition) is 4. The molecule has 0 unspecified atom stereocenters. The van der Waals surface area contributed by atoms with Crippen LogP contribution < -0.4 is 5.69 Å². The van der Waals surface area contributed by atoms with Crippen molar-refractivity contribution in [3.8, 4) is 0 Å². The Labute approximate surface area is 141 Å². The molecule has 1 N–H and O–H groups in total. The molecule has 7 heteroatoms. The predicted molar refractivity (Wildman–Crippen MR) is 90.2 cm³/mol. The second-order valence-electron chi connectivity index (χ2n) is 5.47. The number of aromatic amines is 1. The van der Waals surface area contributed by atoms with Gasteiger partial charge in [0.25, 0.3) is 0 Å². The summed E-state index contributed by atoms with van der Waals surface area (Å²) in [5.41, 5.74) is 3.40.